The molecule has 0 radical (unpaired) electrons. The second-order valence-electron chi connectivity index (χ2n) is 13.7. The number of nitrogens with zero attached hydrogens (tertiary/aromatic N) is 1. The van der Waals surface area contributed by atoms with Gasteiger partial charge in [0.2, 0.25) is 0 Å². The molecule has 2 nitrogen and oxygen atoms in total. The van der Waals surface area contributed by atoms with Gasteiger partial charge in [-0.3, -0.25) is 0 Å². The van der Waals surface area contributed by atoms with E-state index in [-0.39, 0.29) is 0 Å². The summed E-state index contributed by atoms with van der Waals surface area (Å²) in [6, 6.07) is 68.1. The van der Waals surface area contributed by atoms with E-state index in [2.05, 4.69) is 187 Å². The van der Waals surface area contributed by atoms with E-state index in [1.807, 2.05) is 17.4 Å². The first-order valence-corrected chi connectivity index (χ1v) is 18.8. The van der Waals surface area contributed by atoms with Gasteiger partial charge < -0.3 is 9.32 Å². The highest BCUT2D eigenvalue weighted by atomic mass is 32.1. The fraction of sp³-hybridized carbons (Fsp3) is 0. The van der Waals surface area contributed by atoms with Crippen LogP contribution in [0, 0.1) is 0 Å². The summed E-state index contributed by atoms with van der Waals surface area (Å²) < 4.78 is 9.37. The molecule has 0 atom stereocenters. The predicted molar refractivity (Wildman–Crippen MR) is 227 cm³/mol. The maximum atomic E-state index is 6.74. The highest BCUT2D eigenvalue weighted by Crippen LogP contribution is 2.48. The number of anilines is 3. The van der Waals surface area contributed by atoms with Gasteiger partial charge in [0, 0.05) is 42.0 Å². The molecule has 248 valence electrons. The number of hydrogen-bond acceptors (Lipinski definition) is 3. The molecule has 0 spiro atoms. The van der Waals surface area contributed by atoms with Crippen LogP contribution in [-0.2, 0) is 0 Å². The van der Waals surface area contributed by atoms with E-state index in [1.54, 1.807) is 0 Å². The van der Waals surface area contributed by atoms with Crippen molar-refractivity contribution in [2.24, 2.45) is 0 Å². The van der Waals surface area contributed by atoms with Crippen LogP contribution in [0.25, 0.3) is 85.9 Å². The van der Waals surface area contributed by atoms with Crippen molar-refractivity contribution in [1.29, 1.82) is 0 Å². The zero-order valence-corrected chi connectivity index (χ0v) is 29.5. The summed E-state index contributed by atoms with van der Waals surface area (Å²) in [4.78, 5) is 2.41. The van der Waals surface area contributed by atoms with Crippen LogP contribution >= 0.6 is 11.3 Å². The van der Waals surface area contributed by atoms with Gasteiger partial charge in [-0.25, -0.2) is 0 Å². The lowest BCUT2D eigenvalue weighted by Crippen LogP contribution is -2.11. The number of rotatable bonds is 5. The van der Waals surface area contributed by atoms with E-state index in [0.717, 1.165) is 39.0 Å². The number of thiophene rings is 1. The summed E-state index contributed by atoms with van der Waals surface area (Å²) in [5.41, 5.74) is 9.65. The van der Waals surface area contributed by atoms with Gasteiger partial charge in [-0.2, -0.15) is 0 Å². The molecule has 53 heavy (non-hydrogen) atoms. The fourth-order valence-corrected chi connectivity index (χ4v) is 9.30. The molecule has 0 fully saturated rings. The second kappa shape index (κ2) is 11.9. The maximum absolute atomic E-state index is 6.74. The Morgan fingerprint density at radius 3 is 1.96 bits per heavy atom. The van der Waals surface area contributed by atoms with Crippen molar-refractivity contribution >= 4 is 92.1 Å². The lowest BCUT2D eigenvalue weighted by molar-refractivity contribution is 0.669. The average molecular weight is 694 g/mol. The quantitative estimate of drug-likeness (QED) is 0.167. The Hall–Kier alpha value is -6.68. The fourth-order valence-electron chi connectivity index (χ4n) is 8.21. The van der Waals surface area contributed by atoms with E-state index in [9.17, 15) is 0 Å². The van der Waals surface area contributed by atoms with Crippen molar-refractivity contribution in [2.45, 2.75) is 0 Å². The molecule has 2 heterocycles. The van der Waals surface area contributed by atoms with E-state index in [1.165, 1.54) is 64.0 Å². The first-order valence-electron chi connectivity index (χ1n) is 18.0. The zero-order chi connectivity index (χ0) is 34.9. The Morgan fingerprint density at radius 1 is 0.377 bits per heavy atom. The van der Waals surface area contributed by atoms with Gasteiger partial charge in [-0.15, -0.1) is 11.3 Å². The van der Waals surface area contributed by atoms with Gasteiger partial charge in [0.1, 0.15) is 5.58 Å². The minimum atomic E-state index is 0.867. The number of hydrogen-bond donors (Lipinski definition) is 0. The third kappa shape index (κ3) is 4.78. The molecule has 0 amide bonds. The van der Waals surface area contributed by atoms with Gasteiger partial charge in [-0.05, 0) is 86.9 Å². The van der Waals surface area contributed by atoms with Crippen LogP contribution < -0.4 is 4.90 Å². The van der Waals surface area contributed by atoms with Gasteiger partial charge >= 0.3 is 0 Å². The van der Waals surface area contributed by atoms with Crippen molar-refractivity contribution in [3.63, 3.8) is 0 Å². The summed E-state index contributed by atoms with van der Waals surface area (Å²) in [5, 5.41) is 9.66. The molecule has 0 N–H and O–H groups in total. The van der Waals surface area contributed by atoms with Crippen LogP contribution in [0.3, 0.4) is 0 Å². The minimum absolute atomic E-state index is 0.867. The van der Waals surface area contributed by atoms with Gasteiger partial charge in [0.15, 0.2) is 5.58 Å². The lowest BCUT2D eigenvalue weighted by atomic mass is 9.92. The summed E-state index contributed by atoms with van der Waals surface area (Å²) in [6.45, 7) is 0. The Balaban J connectivity index is 1.21. The molecule has 2 aromatic heterocycles. The molecule has 0 aliphatic carbocycles. The molecule has 11 aromatic rings. The van der Waals surface area contributed by atoms with E-state index in [4.69, 9.17) is 4.42 Å². The van der Waals surface area contributed by atoms with Gasteiger partial charge in [0.25, 0.3) is 0 Å². The SMILES string of the molecule is c1ccc(-c2cc(N(c3cc4ccccc4c4ccccc34)c3cccc4c3oc3ccccc34)ccc2-c2ccc3sc4ccccc4c3c2)cc1. The van der Waals surface area contributed by atoms with E-state index in [0.29, 0.717) is 0 Å². The summed E-state index contributed by atoms with van der Waals surface area (Å²) in [6.07, 6.45) is 0. The standard InChI is InChI=1S/C50H31NOS/c1-2-13-32(14-3-1)43-31-35(26-27-37(43)34-25-28-49-44(29-34)41-20-9-11-24-48(41)53-49)51(45-22-12-21-42-40-19-8-10-23-47(40)52-50(42)45)46-30-33-15-4-5-16-36(33)38-17-6-7-18-39(38)46/h1-31H. The van der Waals surface area contributed by atoms with Crippen LogP contribution in [0.2, 0.25) is 0 Å². The molecule has 0 saturated heterocycles. The molecule has 0 aliphatic rings. The second-order valence-corrected chi connectivity index (χ2v) is 14.7. The molecule has 11 rings (SSSR count). The number of benzene rings is 9. The third-order valence-corrected chi connectivity index (χ3v) is 11.8. The number of para-hydroxylation sites is 2. The third-order valence-electron chi connectivity index (χ3n) is 10.6. The Kier molecular flexibility index (Phi) is 6.76. The summed E-state index contributed by atoms with van der Waals surface area (Å²) in [7, 11) is 0. The Labute approximate surface area is 310 Å². The molecular formula is C50H31NOS. The predicted octanol–water partition coefficient (Wildman–Crippen LogP) is 15.1. The van der Waals surface area contributed by atoms with Crippen molar-refractivity contribution in [3.8, 4) is 22.3 Å². The molecule has 0 aliphatic heterocycles. The van der Waals surface area contributed by atoms with Crippen LogP contribution in [-0.4, -0.2) is 0 Å². The van der Waals surface area contributed by atoms with Crippen LogP contribution in [0.15, 0.2) is 192 Å². The monoisotopic (exact) mass is 693 g/mol. The van der Waals surface area contributed by atoms with Gasteiger partial charge in [0.05, 0.1) is 11.4 Å². The number of furan rings is 1. The Morgan fingerprint density at radius 2 is 1.08 bits per heavy atom. The van der Waals surface area contributed by atoms with E-state index < -0.39 is 0 Å². The minimum Gasteiger partial charge on any atom is -0.454 e. The van der Waals surface area contributed by atoms with E-state index >= 15 is 0 Å². The smallest absolute Gasteiger partial charge is 0.159 e. The molecule has 9 aromatic carbocycles. The summed E-state index contributed by atoms with van der Waals surface area (Å²) >= 11 is 1.86. The topological polar surface area (TPSA) is 16.4 Å². The first-order chi connectivity index (χ1) is 26.3. The lowest BCUT2D eigenvalue weighted by Gasteiger charge is -2.28. The first kappa shape index (κ1) is 30.0. The van der Waals surface area contributed by atoms with Crippen LogP contribution in [0.4, 0.5) is 17.1 Å². The molecule has 3 heteroatoms. The van der Waals surface area contributed by atoms with Gasteiger partial charge in [-0.1, -0.05) is 140 Å². The molecule has 0 unspecified atom stereocenters. The molecule has 0 saturated carbocycles. The Bertz CT molecular complexity index is 3190. The van der Waals surface area contributed by atoms with Crippen molar-refractivity contribution in [3.05, 3.63) is 188 Å². The highest BCUT2D eigenvalue weighted by Gasteiger charge is 2.23. The normalized spacial score (nSPS) is 11.8. The zero-order valence-electron chi connectivity index (χ0n) is 28.7. The van der Waals surface area contributed by atoms with Crippen molar-refractivity contribution < 1.29 is 4.42 Å². The number of fused-ring (bicyclic) bond motifs is 9. The molecule has 0 bridgehead atoms. The van der Waals surface area contributed by atoms with Crippen molar-refractivity contribution in [2.75, 3.05) is 4.90 Å². The van der Waals surface area contributed by atoms with Crippen molar-refractivity contribution in [1.82, 2.24) is 0 Å². The highest BCUT2D eigenvalue weighted by molar-refractivity contribution is 7.25. The average Bonchev–Trinajstić information content (AvgIpc) is 3.80. The maximum Gasteiger partial charge on any atom is 0.159 e. The molecular weight excluding hydrogens is 663 g/mol. The summed E-state index contributed by atoms with van der Waals surface area (Å²) in [5.74, 6) is 0. The van der Waals surface area contributed by atoms with Crippen LogP contribution in [0.5, 0.6) is 0 Å². The largest absolute Gasteiger partial charge is 0.454 e. The van der Waals surface area contributed by atoms with Crippen LogP contribution in [0.1, 0.15) is 0 Å².